The predicted octanol–water partition coefficient (Wildman–Crippen LogP) is 5.76. The van der Waals surface area contributed by atoms with Crippen LogP contribution in [-0.2, 0) is 10.2 Å². The third-order valence-corrected chi connectivity index (χ3v) is 8.79. The van der Waals surface area contributed by atoms with E-state index in [0.717, 1.165) is 16.8 Å². The normalized spacial score (nSPS) is 23.2. The van der Waals surface area contributed by atoms with Gasteiger partial charge in [0.1, 0.15) is 11.5 Å². The van der Waals surface area contributed by atoms with Crippen molar-refractivity contribution >= 4 is 40.6 Å². The van der Waals surface area contributed by atoms with Crippen molar-refractivity contribution in [3.8, 4) is 0 Å². The van der Waals surface area contributed by atoms with Crippen molar-refractivity contribution < 1.29 is 19.3 Å². The van der Waals surface area contributed by atoms with Gasteiger partial charge in [-0.15, -0.1) is 0 Å². The highest BCUT2D eigenvalue weighted by molar-refractivity contribution is 6.18. The molecule has 1 amide bonds. The maximum atomic E-state index is 14.7. The van der Waals surface area contributed by atoms with Gasteiger partial charge >= 0.3 is 0 Å². The molecule has 206 valence electrons. The highest BCUT2D eigenvalue weighted by Crippen LogP contribution is 2.58. The Morgan fingerprint density at radius 3 is 2.24 bits per heavy atom. The molecular weight excluding hydrogens is 530 g/mol. The number of nitrogens with one attached hydrogen (secondary N) is 1. The number of amides is 1. The number of carbonyl (C=O) groups excluding carboxylic acids is 3. The van der Waals surface area contributed by atoms with Crippen molar-refractivity contribution in [1.29, 1.82) is 0 Å². The summed E-state index contributed by atoms with van der Waals surface area (Å²) in [5.41, 5.74) is 2.92. The van der Waals surface area contributed by atoms with E-state index in [-0.39, 0.29) is 28.7 Å². The van der Waals surface area contributed by atoms with E-state index < -0.39 is 28.3 Å². The lowest BCUT2D eigenvalue weighted by Gasteiger charge is -2.37. The van der Waals surface area contributed by atoms with Crippen LogP contribution >= 0.6 is 0 Å². The lowest BCUT2D eigenvalue weighted by atomic mass is 9.64. The minimum Gasteiger partial charge on any atom is -0.352 e. The summed E-state index contributed by atoms with van der Waals surface area (Å²) in [6.45, 7) is 1.93. The lowest BCUT2D eigenvalue weighted by Crippen LogP contribution is -2.51. The zero-order chi connectivity index (χ0) is 29.2. The molecule has 42 heavy (non-hydrogen) atoms. The quantitative estimate of drug-likeness (QED) is 0.191. The summed E-state index contributed by atoms with van der Waals surface area (Å²) in [6.07, 6.45) is 3.86. The van der Waals surface area contributed by atoms with E-state index >= 15 is 0 Å². The topological polar surface area (TPSA) is 110 Å². The summed E-state index contributed by atoms with van der Waals surface area (Å²) in [7, 11) is 0. The third-order valence-electron chi connectivity index (χ3n) is 8.79. The van der Waals surface area contributed by atoms with Gasteiger partial charge in [0.25, 0.3) is 5.69 Å². The Hall–Kier alpha value is -5.37. The molecule has 4 aromatic carbocycles. The molecule has 1 saturated heterocycles. The Morgan fingerprint density at radius 1 is 0.857 bits per heavy atom. The van der Waals surface area contributed by atoms with Crippen molar-refractivity contribution in [2.75, 3.05) is 10.2 Å². The molecule has 1 fully saturated rings. The Kier molecular flexibility index (Phi) is 5.69. The van der Waals surface area contributed by atoms with Crippen molar-refractivity contribution in [3.63, 3.8) is 0 Å². The first-order chi connectivity index (χ1) is 20.3. The van der Waals surface area contributed by atoms with Crippen LogP contribution in [-0.4, -0.2) is 34.5 Å². The average molecular weight is 556 g/mol. The second-order valence-electron chi connectivity index (χ2n) is 11.0. The minimum absolute atomic E-state index is 0.144. The SMILES string of the molecule is Cc1ccc(C(=O)[C@@H]2[C@H](C(=O)c3ccc([N+](=O)[O-])cc3)N3c4ccccc4C=C[C@H]3[C@]23C(=O)Nc2ccccc23)cc1. The molecule has 4 aromatic rings. The maximum Gasteiger partial charge on any atom is 0.269 e. The van der Waals surface area contributed by atoms with Gasteiger partial charge in [0.15, 0.2) is 11.6 Å². The fraction of sp³-hybridized carbons (Fsp3) is 0.147. The minimum atomic E-state index is -1.41. The Labute approximate surface area is 241 Å². The molecule has 1 N–H and O–H groups in total. The zero-order valence-electron chi connectivity index (χ0n) is 22.6. The molecule has 3 aliphatic heterocycles. The van der Waals surface area contributed by atoms with E-state index in [0.29, 0.717) is 16.8 Å². The Bertz CT molecular complexity index is 1830. The summed E-state index contributed by atoms with van der Waals surface area (Å²) < 4.78 is 0. The summed E-state index contributed by atoms with van der Waals surface area (Å²) in [5.74, 6) is -2.15. The number of nitro groups is 1. The number of para-hydroxylation sites is 2. The molecule has 0 unspecified atom stereocenters. The molecule has 0 saturated carbocycles. The molecule has 7 rings (SSSR count). The first kappa shape index (κ1) is 25.6. The van der Waals surface area contributed by atoms with Crippen molar-refractivity contribution in [3.05, 3.63) is 141 Å². The Morgan fingerprint density at radius 2 is 1.50 bits per heavy atom. The Balaban J connectivity index is 1.51. The molecular formula is C34H25N3O5. The molecule has 0 aromatic heterocycles. The van der Waals surface area contributed by atoms with E-state index in [1.165, 1.54) is 24.3 Å². The van der Waals surface area contributed by atoms with Crippen molar-refractivity contribution in [2.24, 2.45) is 5.92 Å². The second-order valence-corrected chi connectivity index (χ2v) is 11.0. The van der Waals surface area contributed by atoms with Gasteiger partial charge in [0.2, 0.25) is 5.91 Å². The highest BCUT2D eigenvalue weighted by Gasteiger charge is 2.70. The largest absolute Gasteiger partial charge is 0.352 e. The number of fused-ring (bicyclic) bond motifs is 6. The number of hydrogen-bond donors (Lipinski definition) is 1. The predicted molar refractivity (Wildman–Crippen MR) is 159 cm³/mol. The monoisotopic (exact) mass is 555 g/mol. The van der Waals surface area contributed by atoms with Crippen LogP contribution in [0.3, 0.4) is 0 Å². The van der Waals surface area contributed by atoms with Gasteiger partial charge in [-0.05, 0) is 42.3 Å². The molecule has 3 heterocycles. The fourth-order valence-electron chi connectivity index (χ4n) is 6.94. The van der Waals surface area contributed by atoms with E-state index in [1.807, 2.05) is 84.6 Å². The molecule has 3 aliphatic rings. The van der Waals surface area contributed by atoms with Crippen molar-refractivity contribution in [1.82, 2.24) is 0 Å². The van der Waals surface area contributed by atoms with Crippen LogP contribution in [0.5, 0.6) is 0 Å². The van der Waals surface area contributed by atoms with E-state index in [2.05, 4.69) is 5.32 Å². The van der Waals surface area contributed by atoms with Crippen LogP contribution in [0.4, 0.5) is 17.1 Å². The zero-order valence-corrected chi connectivity index (χ0v) is 22.6. The van der Waals surface area contributed by atoms with E-state index in [9.17, 15) is 24.5 Å². The van der Waals surface area contributed by atoms with Gasteiger partial charge in [-0.3, -0.25) is 24.5 Å². The number of Topliss-reactive ketones (excluding diaryl/α,β-unsaturated/α-hetero) is 2. The van der Waals surface area contributed by atoms with Gasteiger partial charge in [0.05, 0.1) is 16.9 Å². The van der Waals surface area contributed by atoms with Gasteiger partial charge in [0, 0.05) is 34.6 Å². The standard InChI is InChI=1S/C34H25N3O5/c1-20-10-12-22(13-11-20)31(38)29-30(32(39)23-14-17-24(18-15-23)37(41)42)36-27-9-5-2-6-21(27)16-19-28(36)34(29)25-7-3-4-8-26(25)35-33(34)40/h2-19,28-30H,1H3,(H,35,40)/t28-,29-,30+,34-/m0/s1. The van der Waals surface area contributed by atoms with Crippen LogP contribution in [0.15, 0.2) is 103 Å². The van der Waals surface area contributed by atoms with Crippen LogP contribution in [0, 0.1) is 23.0 Å². The van der Waals surface area contributed by atoms with E-state index in [4.69, 9.17) is 0 Å². The summed E-state index contributed by atoms with van der Waals surface area (Å²) in [6, 6.07) is 25.8. The molecule has 1 spiro atoms. The molecule has 8 heteroatoms. The first-order valence-corrected chi connectivity index (χ1v) is 13.7. The van der Waals surface area contributed by atoms with Gasteiger partial charge in [-0.1, -0.05) is 78.4 Å². The molecule has 4 atom stereocenters. The summed E-state index contributed by atoms with van der Waals surface area (Å²) in [4.78, 5) is 56.4. The van der Waals surface area contributed by atoms with Gasteiger partial charge in [-0.2, -0.15) is 0 Å². The third kappa shape index (κ3) is 3.51. The number of non-ortho nitro benzene ring substituents is 1. The maximum absolute atomic E-state index is 14.7. The molecule has 0 radical (unpaired) electrons. The molecule has 0 bridgehead atoms. The van der Waals surface area contributed by atoms with Gasteiger partial charge in [-0.25, -0.2) is 0 Å². The number of anilines is 2. The summed E-state index contributed by atoms with van der Waals surface area (Å²) >= 11 is 0. The first-order valence-electron chi connectivity index (χ1n) is 13.7. The van der Waals surface area contributed by atoms with E-state index in [1.54, 1.807) is 12.1 Å². The fourth-order valence-corrected chi connectivity index (χ4v) is 6.94. The number of nitrogens with zero attached hydrogens (tertiary/aromatic N) is 2. The van der Waals surface area contributed by atoms with Crippen LogP contribution < -0.4 is 10.2 Å². The lowest BCUT2D eigenvalue weighted by molar-refractivity contribution is -0.384. The summed E-state index contributed by atoms with van der Waals surface area (Å²) in [5, 5.41) is 14.3. The molecule has 8 nitrogen and oxygen atoms in total. The number of carbonyl (C=O) groups is 3. The number of rotatable bonds is 5. The number of aryl methyl sites for hydroxylation is 1. The molecule has 0 aliphatic carbocycles. The average Bonchev–Trinajstić information content (AvgIpc) is 3.49. The van der Waals surface area contributed by atoms with Crippen LogP contribution in [0.2, 0.25) is 0 Å². The van der Waals surface area contributed by atoms with Crippen molar-refractivity contribution in [2.45, 2.75) is 24.4 Å². The van der Waals surface area contributed by atoms with Gasteiger partial charge < -0.3 is 10.2 Å². The number of hydrogen-bond acceptors (Lipinski definition) is 6. The highest BCUT2D eigenvalue weighted by atomic mass is 16.6. The van der Waals surface area contributed by atoms with Crippen LogP contribution in [0.25, 0.3) is 6.08 Å². The number of nitro benzene ring substituents is 1. The van der Waals surface area contributed by atoms with Crippen LogP contribution in [0.1, 0.15) is 37.4 Å². The second kappa shape index (κ2) is 9.34. The number of ketones is 2. The number of benzene rings is 4. The smallest absolute Gasteiger partial charge is 0.269 e.